The number of nitrogens with zero attached hydrogens (tertiary/aromatic N) is 3. The van der Waals surface area contributed by atoms with E-state index in [4.69, 9.17) is 0 Å². The Balaban J connectivity index is 2.67. The van der Waals surface area contributed by atoms with Crippen molar-refractivity contribution in [3.63, 3.8) is 0 Å². The molecule has 0 amide bonds. The van der Waals surface area contributed by atoms with Gasteiger partial charge in [0.2, 0.25) is 0 Å². The van der Waals surface area contributed by atoms with Crippen LogP contribution in [0, 0.1) is 6.92 Å². The Morgan fingerprint density at radius 2 is 2.09 bits per heavy atom. The van der Waals surface area contributed by atoms with E-state index < -0.39 is 5.97 Å². The molecular weight excluding hydrogens is 350 g/mol. The third kappa shape index (κ3) is 1.96. The molecule has 0 radical (unpaired) electrons. The summed E-state index contributed by atoms with van der Waals surface area (Å²) in [6.07, 6.45) is 1.45. The van der Waals surface area contributed by atoms with Crippen molar-refractivity contribution in [1.29, 1.82) is 0 Å². The first-order chi connectivity index (χ1) is 10.3. The van der Waals surface area contributed by atoms with Gasteiger partial charge >= 0.3 is 5.97 Å². The molecule has 1 N–H and O–H groups in total. The van der Waals surface area contributed by atoms with Crippen LogP contribution in [0.15, 0.2) is 23.3 Å². The quantitative estimate of drug-likeness (QED) is 0.710. The Hall–Kier alpha value is -2.15. The fraction of sp³-hybridized carbons (Fsp3) is 0.267. The number of imidazole rings is 1. The maximum atomic E-state index is 12.7. The van der Waals surface area contributed by atoms with E-state index in [0.717, 1.165) is 11.1 Å². The van der Waals surface area contributed by atoms with Crippen LogP contribution in [0.1, 0.15) is 33.4 Å². The highest BCUT2D eigenvalue weighted by atomic mass is 79.9. The molecule has 0 bridgehead atoms. The van der Waals surface area contributed by atoms with Crippen LogP contribution in [-0.4, -0.2) is 25.0 Å². The summed E-state index contributed by atoms with van der Waals surface area (Å²) in [4.78, 5) is 28.0. The van der Waals surface area contributed by atoms with Gasteiger partial charge in [-0.25, -0.2) is 9.78 Å². The van der Waals surface area contributed by atoms with Gasteiger partial charge in [-0.15, -0.1) is 0 Å². The van der Waals surface area contributed by atoms with Gasteiger partial charge in [0.15, 0.2) is 11.3 Å². The molecule has 0 fully saturated rings. The van der Waals surface area contributed by atoms with Crippen LogP contribution in [-0.2, 0) is 7.05 Å². The van der Waals surface area contributed by atoms with E-state index in [0.29, 0.717) is 10.9 Å². The maximum absolute atomic E-state index is 12.7. The van der Waals surface area contributed by atoms with Crippen molar-refractivity contribution in [2.75, 3.05) is 0 Å². The van der Waals surface area contributed by atoms with E-state index in [9.17, 15) is 14.7 Å². The standard InChI is InChI=1S/C15H14BrN3O3/c1-7-4-9(8(2)16)12-10(5-7)14(20)18(3)13-11(15(21)22)17-6-19(12)13/h4-6,8H,1-3H3,(H,21,22). The van der Waals surface area contributed by atoms with Crippen molar-refractivity contribution in [1.82, 2.24) is 14.0 Å². The predicted molar refractivity (Wildman–Crippen MR) is 87.0 cm³/mol. The Morgan fingerprint density at radius 1 is 1.41 bits per heavy atom. The van der Waals surface area contributed by atoms with E-state index in [1.807, 2.05) is 26.0 Å². The predicted octanol–water partition coefficient (Wildman–Crippen LogP) is 2.65. The molecule has 0 saturated carbocycles. The molecule has 0 aliphatic heterocycles. The van der Waals surface area contributed by atoms with Gasteiger partial charge in [0.25, 0.3) is 5.56 Å². The number of alkyl halides is 1. The average Bonchev–Trinajstić information content (AvgIpc) is 2.88. The molecule has 6 nitrogen and oxygen atoms in total. The number of hydrogen-bond donors (Lipinski definition) is 1. The van der Waals surface area contributed by atoms with E-state index in [1.165, 1.54) is 10.9 Å². The van der Waals surface area contributed by atoms with Crippen LogP contribution in [0.4, 0.5) is 0 Å². The van der Waals surface area contributed by atoms with E-state index in [1.54, 1.807) is 11.4 Å². The fourth-order valence-corrected chi connectivity index (χ4v) is 3.14. The highest BCUT2D eigenvalue weighted by Gasteiger charge is 2.21. The molecule has 2 aromatic heterocycles. The van der Waals surface area contributed by atoms with Crippen LogP contribution in [0.2, 0.25) is 0 Å². The number of aryl methyl sites for hydroxylation is 2. The van der Waals surface area contributed by atoms with Gasteiger partial charge in [-0.2, -0.15) is 0 Å². The van der Waals surface area contributed by atoms with Gasteiger partial charge in [0, 0.05) is 11.9 Å². The molecule has 1 unspecified atom stereocenters. The van der Waals surface area contributed by atoms with E-state index in [-0.39, 0.29) is 21.7 Å². The van der Waals surface area contributed by atoms with Crippen LogP contribution < -0.4 is 5.56 Å². The Morgan fingerprint density at radius 3 is 2.68 bits per heavy atom. The third-order valence-corrected chi connectivity index (χ3v) is 4.24. The van der Waals surface area contributed by atoms with Crippen molar-refractivity contribution in [2.45, 2.75) is 18.7 Å². The van der Waals surface area contributed by atoms with Gasteiger partial charge < -0.3 is 5.11 Å². The van der Waals surface area contributed by atoms with Gasteiger partial charge in [-0.3, -0.25) is 13.8 Å². The van der Waals surface area contributed by atoms with Gasteiger partial charge in [-0.05, 0) is 31.0 Å². The molecule has 0 spiro atoms. The first-order valence-corrected chi connectivity index (χ1v) is 7.62. The number of fused-ring (bicyclic) bond motifs is 3. The third-order valence-electron chi connectivity index (χ3n) is 3.75. The lowest BCUT2D eigenvalue weighted by Crippen LogP contribution is -2.21. The Bertz CT molecular complexity index is 985. The summed E-state index contributed by atoms with van der Waals surface area (Å²) in [6.45, 7) is 3.89. The average molecular weight is 364 g/mol. The number of aromatic carboxylic acids is 1. The van der Waals surface area contributed by atoms with Gasteiger partial charge in [-0.1, -0.05) is 22.0 Å². The number of hydrogen-bond acceptors (Lipinski definition) is 3. The van der Waals surface area contributed by atoms with E-state index in [2.05, 4.69) is 20.9 Å². The molecule has 3 aromatic rings. The minimum absolute atomic E-state index is 0.0147. The number of carbonyl (C=O) groups is 1. The monoisotopic (exact) mass is 363 g/mol. The summed E-state index contributed by atoms with van der Waals surface area (Å²) in [6, 6.07) is 3.80. The summed E-state index contributed by atoms with van der Waals surface area (Å²) in [5, 5.41) is 9.83. The topological polar surface area (TPSA) is 76.6 Å². The molecule has 114 valence electrons. The van der Waals surface area contributed by atoms with Crippen LogP contribution in [0.25, 0.3) is 16.6 Å². The molecule has 1 atom stereocenters. The molecule has 0 aliphatic carbocycles. The summed E-state index contributed by atoms with van der Waals surface area (Å²) >= 11 is 3.54. The minimum atomic E-state index is -1.16. The zero-order chi connectivity index (χ0) is 16.2. The molecular formula is C15H14BrN3O3. The largest absolute Gasteiger partial charge is 0.476 e. The summed E-state index contributed by atoms with van der Waals surface area (Å²) in [7, 11) is 1.56. The van der Waals surface area contributed by atoms with Crippen LogP contribution >= 0.6 is 15.9 Å². The lowest BCUT2D eigenvalue weighted by atomic mass is 10.0. The Kier molecular flexibility index (Phi) is 3.32. The fourth-order valence-electron chi connectivity index (χ4n) is 2.80. The summed E-state index contributed by atoms with van der Waals surface area (Å²) < 4.78 is 3.01. The second kappa shape index (κ2) is 4.95. The first kappa shape index (κ1) is 14.8. The normalized spacial score (nSPS) is 12.9. The van der Waals surface area contributed by atoms with Crippen molar-refractivity contribution in [3.05, 3.63) is 45.6 Å². The molecule has 2 heterocycles. The van der Waals surface area contributed by atoms with Crippen molar-refractivity contribution in [2.24, 2.45) is 7.05 Å². The molecule has 1 aromatic carbocycles. The molecule has 7 heteroatoms. The van der Waals surface area contributed by atoms with Crippen molar-refractivity contribution >= 4 is 38.4 Å². The highest BCUT2D eigenvalue weighted by molar-refractivity contribution is 9.09. The second-order valence-corrected chi connectivity index (χ2v) is 6.70. The lowest BCUT2D eigenvalue weighted by molar-refractivity contribution is 0.0693. The number of benzene rings is 1. The zero-order valence-corrected chi connectivity index (χ0v) is 13.9. The number of carboxylic acid groups (broad SMARTS) is 1. The number of aromatic nitrogens is 3. The first-order valence-electron chi connectivity index (χ1n) is 6.70. The smallest absolute Gasteiger partial charge is 0.358 e. The van der Waals surface area contributed by atoms with E-state index >= 15 is 0 Å². The molecule has 3 rings (SSSR count). The second-order valence-electron chi connectivity index (χ2n) is 5.32. The summed E-state index contributed by atoms with van der Waals surface area (Å²) in [5.74, 6) is -1.16. The molecule has 0 saturated heterocycles. The Labute approximate surface area is 134 Å². The number of halogens is 1. The van der Waals surface area contributed by atoms with Gasteiger partial charge in [0.1, 0.15) is 6.33 Å². The van der Waals surface area contributed by atoms with Crippen LogP contribution in [0.5, 0.6) is 0 Å². The van der Waals surface area contributed by atoms with Crippen molar-refractivity contribution < 1.29 is 9.90 Å². The SMILES string of the molecule is Cc1cc(C(C)Br)c2c(c1)c(=O)n(C)c1c(C(=O)O)ncn21. The van der Waals surface area contributed by atoms with Crippen molar-refractivity contribution in [3.8, 4) is 0 Å². The minimum Gasteiger partial charge on any atom is -0.476 e. The van der Waals surface area contributed by atoms with Gasteiger partial charge in [0.05, 0.1) is 10.9 Å². The van der Waals surface area contributed by atoms with Crippen LogP contribution in [0.3, 0.4) is 0 Å². The maximum Gasteiger partial charge on any atom is 0.358 e. The summed E-state index contributed by atoms with van der Waals surface area (Å²) in [5.41, 5.74) is 2.51. The lowest BCUT2D eigenvalue weighted by Gasteiger charge is -2.14. The molecule has 22 heavy (non-hydrogen) atoms. The molecule has 0 aliphatic rings. The highest BCUT2D eigenvalue weighted by Crippen LogP contribution is 2.30. The number of carboxylic acids is 1. The zero-order valence-electron chi connectivity index (χ0n) is 12.3. The number of rotatable bonds is 2.